The Balaban J connectivity index is 2.00. The minimum Gasteiger partial charge on any atom is -0.368 e. The largest absolute Gasteiger partial charge is 0.368 e. The van der Waals surface area contributed by atoms with Gasteiger partial charge in [0.25, 0.3) is 0 Å². The predicted molar refractivity (Wildman–Crippen MR) is 75.5 cm³/mol. The summed E-state index contributed by atoms with van der Waals surface area (Å²) in [5.41, 5.74) is 7.73. The van der Waals surface area contributed by atoms with Gasteiger partial charge in [-0.1, -0.05) is 36.4 Å². The maximum absolute atomic E-state index is 5.88. The number of nitrogens with zero attached hydrogens (tertiary/aromatic N) is 3. The van der Waals surface area contributed by atoms with Crippen molar-refractivity contribution in [1.82, 2.24) is 14.8 Å². The van der Waals surface area contributed by atoms with Gasteiger partial charge in [0.15, 0.2) is 0 Å². The maximum Gasteiger partial charge on any atom is 0.235 e. The van der Waals surface area contributed by atoms with Crippen molar-refractivity contribution in [2.75, 3.05) is 11.1 Å². The van der Waals surface area contributed by atoms with Crippen molar-refractivity contribution in [1.29, 1.82) is 0 Å². The monoisotopic (exact) mass is 251 g/mol. The van der Waals surface area contributed by atoms with Gasteiger partial charge in [0.1, 0.15) is 0 Å². The molecule has 1 heterocycles. The average Bonchev–Trinajstić information content (AvgIpc) is 2.82. The fraction of sp³-hybridized carbons (Fsp3) is 0. The van der Waals surface area contributed by atoms with Crippen molar-refractivity contribution in [3.05, 3.63) is 60.7 Å². The van der Waals surface area contributed by atoms with Crippen LogP contribution < -0.4 is 11.1 Å². The third kappa shape index (κ3) is 2.26. The topological polar surface area (TPSA) is 68.8 Å². The molecule has 0 aliphatic rings. The lowest BCUT2D eigenvalue weighted by molar-refractivity contribution is 1.07. The molecule has 94 valence electrons. The molecular weight excluding hydrogens is 238 g/mol. The standard InChI is InChI=1S/C14H13N5/c15-13-17-18-14(16-11-7-3-1-4-8-11)19(13)12-9-5-2-6-10-12/h1-10H,(H2,15,17)(H,16,18). The first-order chi connectivity index (χ1) is 9.34. The Morgan fingerprint density at radius 2 is 1.47 bits per heavy atom. The van der Waals surface area contributed by atoms with Gasteiger partial charge in [-0.25, -0.2) is 4.57 Å². The lowest BCUT2D eigenvalue weighted by atomic mass is 10.3. The van der Waals surface area contributed by atoms with Crippen LogP contribution in [0.2, 0.25) is 0 Å². The van der Waals surface area contributed by atoms with E-state index in [-0.39, 0.29) is 0 Å². The molecule has 0 aliphatic carbocycles. The number of nitrogens with two attached hydrogens (primary N) is 1. The quantitative estimate of drug-likeness (QED) is 0.750. The molecule has 0 bridgehead atoms. The van der Waals surface area contributed by atoms with Crippen LogP contribution in [0.4, 0.5) is 17.6 Å². The number of anilines is 3. The van der Waals surface area contributed by atoms with Gasteiger partial charge in [0, 0.05) is 5.69 Å². The van der Waals surface area contributed by atoms with Crippen LogP contribution in [0.15, 0.2) is 60.7 Å². The van der Waals surface area contributed by atoms with Crippen LogP contribution in [0.1, 0.15) is 0 Å². The minimum absolute atomic E-state index is 0.352. The van der Waals surface area contributed by atoms with E-state index >= 15 is 0 Å². The van der Waals surface area contributed by atoms with Crippen molar-refractivity contribution < 1.29 is 0 Å². The molecule has 3 rings (SSSR count). The van der Waals surface area contributed by atoms with Crippen molar-refractivity contribution in [2.45, 2.75) is 0 Å². The second-order valence-electron chi connectivity index (χ2n) is 4.04. The van der Waals surface area contributed by atoms with Gasteiger partial charge in [-0.05, 0) is 24.3 Å². The molecular formula is C14H13N5. The van der Waals surface area contributed by atoms with E-state index in [0.29, 0.717) is 11.9 Å². The molecule has 0 radical (unpaired) electrons. The zero-order chi connectivity index (χ0) is 13.1. The number of nitrogen functional groups attached to an aromatic ring is 1. The predicted octanol–water partition coefficient (Wildman–Crippen LogP) is 2.59. The van der Waals surface area contributed by atoms with E-state index in [1.165, 1.54) is 0 Å². The highest BCUT2D eigenvalue weighted by Crippen LogP contribution is 2.21. The molecule has 0 unspecified atom stereocenters. The van der Waals surface area contributed by atoms with Crippen LogP contribution in [-0.2, 0) is 0 Å². The second-order valence-corrected chi connectivity index (χ2v) is 4.04. The SMILES string of the molecule is Nc1nnc(Nc2ccccc2)n1-c1ccccc1. The Morgan fingerprint density at radius 3 is 2.16 bits per heavy atom. The van der Waals surface area contributed by atoms with Gasteiger partial charge in [-0.15, -0.1) is 10.2 Å². The first-order valence-electron chi connectivity index (χ1n) is 5.93. The Bertz CT molecular complexity index is 661. The first-order valence-corrected chi connectivity index (χ1v) is 5.93. The van der Waals surface area contributed by atoms with Gasteiger partial charge in [0.05, 0.1) is 5.69 Å². The third-order valence-electron chi connectivity index (χ3n) is 2.73. The zero-order valence-electron chi connectivity index (χ0n) is 10.2. The fourth-order valence-electron chi connectivity index (χ4n) is 1.86. The first kappa shape index (κ1) is 11.3. The van der Waals surface area contributed by atoms with Gasteiger partial charge in [0.2, 0.25) is 11.9 Å². The number of nitrogens with one attached hydrogen (secondary N) is 1. The third-order valence-corrected chi connectivity index (χ3v) is 2.73. The summed E-state index contributed by atoms with van der Waals surface area (Å²) in [6, 6.07) is 19.5. The van der Waals surface area contributed by atoms with E-state index in [0.717, 1.165) is 11.4 Å². The number of benzene rings is 2. The number of rotatable bonds is 3. The summed E-state index contributed by atoms with van der Waals surface area (Å²) in [7, 11) is 0. The highest BCUT2D eigenvalue weighted by molar-refractivity contribution is 5.57. The molecule has 0 amide bonds. The highest BCUT2D eigenvalue weighted by Gasteiger charge is 2.10. The van der Waals surface area contributed by atoms with Crippen LogP contribution in [0.3, 0.4) is 0 Å². The van der Waals surface area contributed by atoms with Crippen LogP contribution in [0.25, 0.3) is 5.69 Å². The molecule has 1 aromatic heterocycles. The Labute approximate surface area is 110 Å². The van der Waals surface area contributed by atoms with Crippen LogP contribution in [-0.4, -0.2) is 14.8 Å². The van der Waals surface area contributed by atoms with E-state index in [4.69, 9.17) is 5.73 Å². The molecule has 0 aliphatic heterocycles. The van der Waals surface area contributed by atoms with E-state index in [9.17, 15) is 0 Å². The summed E-state index contributed by atoms with van der Waals surface area (Å²) in [5, 5.41) is 11.2. The Hall–Kier alpha value is -2.82. The summed E-state index contributed by atoms with van der Waals surface area (Å²) in [6.07, 6.45) is 0. The molecule has 0 saturated heterocycles. The number of aromatic nitrogens is 3. The fourth-order valence-corrected chi connectivity index (χ4v) is 1.86. The lowest BCUT2D eigenvalue weighted by Gasteiger charge is -2.09. The normalized spacial score (nSPS) is 10.3. The summed E-state index contributed by atoms with van der Waals surface area (Å²) in [5.74, 6) is 0.944. The Morgan fingerprint density at radius 1 is 0.842 bits per heavy atom. The molecule has 3 N–H and O–H groups in total. The molecule has 5 nitrogen and oxygen atoms in total. The average molecular weight is 251 g/mol. The Kier molecular flexibility index (Phi) is 2.86. The summed E-state index contributed by atoms with van der Waals surface area (Å²) in [6.45, 7) is 0. The summed E-state index contributed by atoms with van der Waals surface area (Å²) in [4.78, 5) is 0. The van der Waals surface area contributed by atoms with Gasteiger partial charge in [-0.3, -0.25) is 0 Å². The molecule has 0 spiro atoms. The van der Waals surface area contributed by atoms with Crippen LogP contribution in [0.5, 0.6) is 0 Å². The zero-order valence-corrected chi connectivity index (χ0v) is 10.2. The van der Waals surface area contributed by atoms with Crippen LogP contribution in [0, 0.1) is 0 Å². The lowest BCUT2D eigenvalue weighted by Crippen LogP contribution is -2.04. The minimum atomic E-state index is 0.352. The van der Waals surface area contributed by atoms with Crippen molar-refractivity contribution >= 4 is 17.6 Å². The number of hydrogen-bond donors (Lipinski definition) is 2. The molecule has 0 saturated carbocycles. The van der Waals surface area contributed by atoms with E-state index in [2.05, 4.69) is 15.5 Å². The van der Waals surface area contributed by atoms with Crippen molar-refractivity contribution in [3.63, 3.8) is 0 Å². The molecule has 0 fully saturated rings. The number of hydrogen-bond acceptors (Lipinski definition) is 4. The van der Waals surface area contributed by atoms with Gasteiger partial charge >= 0.3 is 0 Å². The maximum atomic E-state index is 5.88. The molecule has 19 heavy (non-hydrogen) atoms. The van der Waals surface area contributed by atoms with E-state index in [1.807, 2.05) is 60.7 Å². The van der Waals surface area contributed by atoms with E-state index in [1.54, 1.807) is 4.57 Å². The summed E-state index contributed by atoms with van der Waals surface area (Å²) < 4.78 is 1.77. The van der Waals surface area contributed by atoms with Crippen molar-refractivity contribution in [3.8, 4) is 5.69 Å². The molecule has 5 heteroatoms. The molecule has 3 aromatic rings. The highest BCUT2D eigenvalue weighted by atomic mass is 15.4. The number of para-hydroxylation sites is 2. The van der Waals surface area contributed by atoms with E-state index < -0.39 is 0 Å². The molecule has 2 aromatic carbocycles. The molecule has 0 atom stereocenters. The van der Waals surface area contributed by atoms with Crippen LogP contribution >= 0.6 is 0 Å². The van der Waals surface area contributed by atoms with Gasteiger partial charge < -0.3 is 11.1 Å². The smallest absolute Gasteiger partial charge is 0.235 e. The van der Waals surface area contributed by atoms with Gasteiger partial charge in [-0.2, -0.15) is 0 Å². The van der Waals surface area contributed by atoms with Crippen molar-refractivity contribution in [2.24, 2.45) is 0 Å². The second kappa shape index (κ2) is 4.81. The summed E-state index contributed by atoms with van der Waals surface area (Å²) >= 11 is 0.